The number of likely N-dealkylation sites (tertiary alicyclic amines) is 1. The third kappa shape index (κ3) is 27.3. The fraction of sp³-hybridized carbons (Fsp3) is 0.962. The van der Waals surface area contributed by atoms with E-state index in [0.717, 1.165) is 26.2 Å². The van der Waals surface area contributed by atoms with Crippen molar-refractivity contribution in [1.82, 2.24) is 15.5 Å². The lowest BCUT2D eigenvalue weighted by molar-refractivity contribution is -0.124. The first-order chi connectivity index (χ1) is 15.5. The Labute approximate surface area is 202 Å². The molecule has 6 nitrogen and oxygen atoms in total. The van der Waals surface area contributed by atoms with Crippen LogP contribution in [0.3, 0.4) is 0 Å². The van der Waals surface area contributed by atoms with E-state index >= 15 is 0 Å². The molecular formula is C26H61N3O3. The molecule has 1 rings (SSSR count). The van der Waals surface area contributed by atoms with Crippen molar-refractivity contribution in [2.24, 2.45) is 5.92 Å². The third-order valence-electron chi connectivity index (χ3n) is 4.15. The van der Waals surface area contributed by atoms with E-state index in [4.69, 9.17) is 9.47 Å². The molecule has 2 N–H and O–H groups in total. The number of hydrogen-bond acceptors (Lipinski definition) is 5. The van der Waals surface area contributed by atoms with Gasteiger partial charge in [0.05, 0.1) is 26.4 Å². The maximum absolute atomic E-state index is 11.3. The van der Waals surface area contributed by atoms with Crippen molar-refractivity contribution in [2.75, 3.05) is 52.6 Å². The lowest BCUT2D eigenvalue weighted by atomic mass is 10.0. The number of nitrogens with one attached hydrogen (secondary N) is 2. The summed E-state index contributed by atoms with van der Waals surface area (Å²) in [6.07, 6.45) is 2.45. The van der Waals surface area contributed by atoms with Gasteiger partial charge in [0.15, 0.2) is 0 Å². The molecular weight excluding hydrogens is 402 g/mol. The minimum absolute atomic E-state index is 0.0274. The average molecular weight is 464 g/mol. The van der Waals surface area contributed by atoms with Crippen molar-refractivity contribution in [3.8, 4) is 0 Å². The highest BCUT2D eigenvalue weighted by Crippen LogP contribution is 2.10. The van der Waals surface area contributed by atoms with Gasteiger partial charge in [0, 0.05) is 31.1 Å². The summed E-state index contributed by atoms with van der Waals surface area (Å²) < 4.78 is 11.1. The van der Waals surface area contributed by atoms with Crippen molar-refractivity contribution in [2.45, 2.75) is 108 Å². The number of carbonyl (C=O) groups is 1. The number of rotatable bonds is 12. The van der Waals surface area contributed by atoms with Crippen LogP contribution < -0.4 is 10.6 Å². The first-order valence-electron chi connectivity index (χ1n) is 13.4. The fourth-order valence-electron chi connectivity index (χ4n) is 2.76. The lowest BCUT2D eigenvalue weighted by Crippen LogP contribution is -2.45. The molecule has 198 valence electrons. The second kappa shape index (κ2) is 32.5. The quantitative estimate of drug-likeness (QED) is 0.382. The molecule has 1 amide bonds. The molecule has 1 aliphatic heterocycles. The monoisotopic (exact) mass is 463 g/mol. The van der Waals surface area contributed by atoms with Gasteiger partial charge >= 0.3 is 0 Å². The van der Waals surface area contributed by atoms with E-state index in [9.17, 15) is 4.79 Å². The van der Waals surface area contributed by atoms with Crippen molar-refractivity contribution in [1.29, 1.82) is 0 Å². The number of hydrogen-bond donors (Lipinski definition) is 2. The van der Waals surface area contributed by atoms with Crippen molar-refractivity contribution >= 4 is 5.91 Å². The van der Waals surface area contributed by atoms with Crippen molar-refractivity contribution < 1.29 is 14.3 Å². The third-order valence-corrected chi connectivity index (χ3v) is 4.15. The maximum Gasteiger partial charge on any atom is 0.222 e. The molecule has 6 heteroatoms. The van der Waals surface area contributed by atoms with Gasteiger partial charge < -0.3 is 25.0 Å². The summed E-state index contributed by atoms with van der Waals surface area (Å²) in [5.41, 5.74) is 0. The van der Waals surface area contributed by atoms with Crippen LogP contribution >= 0.6 is 0 Å². The van der Waals surface area contributed by atoms with E-state index in [1.54, 1.807) is 0 Å². The summed E-state index contributed by atoms with van der Waals surface area (Å²) >= 11 is 0. The topological polar surface area (TPSA) is 62.8 Å². The summed E-state index contributed by atoms with van der Waals surface area (Å²) in [7, 11) is 0. The molecule has 0 aliphatic carbocycles. The van der Waals surface area contributed by atoms with Gasteiger partial charge in [-0.25, -0.2) is 0 Å². The van der Waals surface area contributed by atoms with Crippen LogP contribution in [0.1, 0.15) is 95.9 Å². The minimum Gasteiger partial charge on any atom is -0.378 e. The number of piperidine rings is 1. The molecule has 0 aromatic rings. The van der Waals surface area contributed by atoms with Crippen molar-refractivity contribution in [3.63, 3.8) is 0 Å². The number of nitrogens with zero attached hydrogens (tertiary/aromatic N) is 1. The second-order valence-corrected chi connectivity index (χ2v) is 7.11. The Morgan fingerprint density at radius 1 is 0.812 bits per heavy atom. The van der Waals surface area contributed by atoms with E-state index in [1.807, 2.05) is 69.2 Å². The van der Waals surface area contributed by atoms with E-state index in [2.05, 4.69) is 29.4 Å². The van der Waals surface area contributed by atoms with Gasteiger partial charge in [-0.15, -0.1) is 0 Å². The van der Waals surface area contributed by atoms with Gasteiger partial charge in [0.2, 0.25) is 5.91 Å². The highest BCUT2D eigenvalue weighted by Gasteiger charge is 2.18. The molecule has 1 fully saturated rings. The highest BCUT2D eigenvalue weighted by atomic mass is 16.5. The molecule has 0 unspecified atom stereocenters. The normalized spacial score (nSPS) is 13.4. The van der Waals surface area contributed by atoms with E-state index < -0.39 is 0 Å². The van der Waals surface area contributed by atoms with Crippen LogP contribution in [0.5, 0.6) is 0 Å². The van der Waals surface area contributed by atoms with E-state index in [-0.39, 0.29) is 11.8 Å². The van der Waals surface area contributed by atoms with E-state index in [0.29, 0.717) is 38.4 Å². The Morgan fingerprint density at radius 2 is 1.28 bits per heavy atom. The van der Waals surface area contributed by atoms with E-state index in [1.165, 1.54) is 12.8 Å². The number of ether oxygens (including phenoxy) is 2. The predicted octanol–water partition coefficient (Wildman–Crippen LogP) is 5.36. The summed E-state index contributed by atoms with van der Waals surface area (Å²) in [4.78, 5) is 13.8. The zero-order chi connectivity index (χ0) is 25.8. The summed E-state index contributed by atoms with van der Waals surface area (Å²) in [5.74, 6) is 0.0989. The Morgan fingerprint density at radius 3 is 1.72 bits per heavy atom. The van der Waals surface area contributed by atoms with Gasteiger partial charge in [0.1, 0.15) is 0 Å². The van der Waals surface area contributed by atoms with Gasteiger partial charge in [0.25, 0.3) is 0 Å². The minimum atomic E-state index is 0.0274. The van der Waals surface area contributed by atoms with Crippen LogP contribution in [0, 0.1) is 5.92 Å². The Bertz CT molecular complexity index is 332. The van der Waals surface area contributed by atoms with Crippen LogP contribution in [-0.2, 0) is 14.3 Å². The zero-order valence-electron chi connectivity index (χ0n) is 24.0. The molecule has 0 aromatic heterocycles. The molecule has 1 aliphatic rings. The molecule has 0 bridgehead atoms. The first kappa shape index (κ1) is 38.6. The summed E-state index contributed by atoms with van der Waals surface area (Å²) in [6, 6.07) is 1.25. The molecule has 0 saturated carbocycles. The standard InChI is InChI=1S/C18H37N3O3.4C2H6/c1-15(2)18(22)19-7-11-23-13-14-24-12-10-21-8-5-17(6-9-21)20-16(3)4;4*1-2/h15-17,20H,5-14H2,1-4H3,(H,19,22);4*1-2H3. The SMILES string of the molecule is CC.CC.CC.CC.CC(C)NC1CCN(CCOCCOCCNC(=O)C(C)C)CC1. The van der Waals surface area contributed by atoms with Gasteiger partial charge in [-0.2, -0.15) is 0 Å². The Hall–Kier alpha value is -0.690. The molecule has 1 heterocycles. The average Bonchev–Trinajstić information content (AvgIpc) is 2.83. The zero-order valence-corrected chi connectivity index (χ0v) is 24.0. The Kier molecular flexibility index (Phi) is 39.2. The van der Waals surface area contributed by atoms with Crippen LogP contribution in [0.4, 0.5) is 0 Å². The first-order valence-corrected chi connectivity index (χ1v) is 13.4. The molecule has 32 heavy (non-hydrogen) atoms. The molecule has 0 aromatic carbocycles. The van der Waals surface area contributed by atoms with Crippen LogP contribution in [0.15, 0.2) is 0 Å². The second-order valence-electron chi connectivity index (χ2n) is 7.11. The number of carbonyl (C=O) groups excluding carboxylic acids is 1. The van der Waals surface area contributed by atoms with Crippen molar-refractivity contribution in [3.05, 3.63) is 0 Å². The highest BCUT2D eigenvalue weighted by molar-refractivity contribution is 5.77. The predicted molar refractivity (Wildman–Crippen MR) is 143 cm³/mol. The molecule has 0 radical (unpaired) electrons. The summed E-state index contributed by atoms with van der Waals surface area (Å²) in [5, 5.41) is 6.44. The Balaban J connectivity index is -0.000000439. The molecule has 1 saturated heterocycles. The largest absolute Gasteiger partial charge is 0.378 e. The van der Waals surface area contributed by atoms with Crippen LogP contribution in [0.2, 0.25) is 0 Å². The van der Waals surface area contributed by atoms with Crippen LogP contribution in [0.25, 0.3) is 0 Å². The van der Waals surface area contributed by atoms with Gasteiger partial charge in [-0.1, -0.05) is 83.1 Å². The fourth-order valence-corrected chi connectivity index (χ4v) is 2.76. The van der Waals surface area contributed by atoms with Crippen LogP contribution in [-0.4, -0.2) is 75.5 Å². The van der Waals surface area contributed by atoms with Gasteiger partial charge in [-0.05, 0) is 25.9 Å². The summed E-state index contributed by atoms with van der Waals surface area (Å²) in [6.45, 7) is 30.5. The van der Waals surface area contributed by atoms with Gasteiger partial charge in [-0.3, -0.25) is 4.79 Å². The smallest absolute Gasteiger partial charge is 0.222 e. The molecule has 0 spiro atoms. The maximum atomic E-state index is 11.3. The number of amides is 1. The lowest BCUT2D eigenvalue weighted by Gasteiger charge is -2.33. The molecule has 0 atom stereocenters.